The van der Waals surface area contributed by atoms with Gasteiger partial charge in [-0.05, 0) is 43.1 Å². The standard InChI is InChI=1S/C20H22FN5O2S2/c1-3-8-24-9-7-15-16(11-24)29-18-17(15)19(28)25(14-6-4-5-13(21)10-14)20(23-18)30-26(22)12(2)27/h4-6,10H,3,7-9,11,22H2,1-2H3. The molecule has 1 aliphatic rings. The van der Waals surface area contributed by atoms with Crippen molar-refractivity contribution >= 4 is 39.4 Å². The van der Waals surface area contributed by atoms with Gasteiger partial charge in [0.05, 0.1) is 11.1 Å². The number of fused-ring (bicyclic) bond motifs is 3. The monoisotopic (exact) mass is 447 g/mol. The summed E-state index contributed by atoms with van der Waals surface area (Å²) >= 11 is 2.35. The summed E-state index contributed by atoms with van der Waals surface area (Å²) in [5.74, 6) is 4.93. The van der Waals surface area contributed by atoms with Crippen LogP contribution in [0, 0.1) is 5.82 Å². The van der Waals surface area contributed by atoms with Gasteiger partial charge in [-0.15, -0.1) is 11.3 Å². The summed E-state index contributed by atoms with van der Waals surface area (Å²) in [7, 11) is 0. The summed E-state index contributed by atoms with van der Waals surface area (Å²) in [6.07, 6.45) is 1.85. The molecule has 4 rings (SSSR count). The molecule has 0 spiro atoms. The zero-order valence-corrected chi connectivity index (χ0v) is 18.4. The summed E-state index contributed by atoms with van der Waals surface area (Å²) in [6.45, 7) is 6.17. The van der Waals surface area contributed by atoms with Crippen molar-refractivity contribution in [1.82, 2.24) is 18.9 Å². The van der Waals surface area contributed by atoms with Crippen molar-refractivity contribution in [2.24, 2.45) is 5.84 Å². The molecule has 0 aliphatic carbocycles. The normalized spacial score (nSPS) is 14.1. The molecule has 0 saturated carbocycles. The highest BCUT2D eigenvalue weighted by atomic mass is 32.2. The van der Waals surface area contributed by atoms with Gasteiger partial charge >= 0.3 is 0 Å². The maximum Gasteiger partial charge on any atom is 0.267 e. The first-order chi connectivity index (χ1) is 14.4. The van der Waals surface area contributed by atoms with Gasteiger partial charge in [-0.1, -0.05) is 13.0 Å². The van der Waals surface area contributed by atoms with E-state index in [2.05, 4.69) is 16.8 Å². The van der Waals surface area contributed by atoms with E-state index in [1.54, 1.807) is 6.07 Å². The van der Waals surface area contributed by atoms with E-state index >= 15 is 0 Å². The number of nitrogens with zero attached hydrogens (tertiary/aromatic N) is 4. The zero-order valence-electron chi connectivity index (χ0n) is 16.7. The van der Waals surface area contributed by atoms with Crippen molar-refractivity contribution in [2.75, 3.05) is 13.1 Å². The van der Waals surface area contributed by atoms with E-state index in [1.807, 2.05) is 0 Å². The van der Waals surface area contributed by atoms with Gasteiger partial charge in [0.2, 0.25) is 5.91 Å². The SMILES string of the molecule is CCCN1CCc2c(sc3nc(SN(N)C(C)=O)n(-c4cccc(F)c4)c(=O)c23)C1. The summed E-state index contributed by atoms with van der Waals surface area (Å²) < 4.78 is 16.2. The zero-order chi connectivity index (χ0) is 21.4. The van der Waals surface area contributed by atoms with Gasteiger partial charge in [0.25, 0.3) is 5.56 Å². The number of carbonyl (C=O) groups excluding carboxylic acids is 1. The molecular weight excluding hydrogens is 425 g/mol. The Bertz CT molecular complexity index is 1180. The first-order valence-electron chi connectivity index (χ1n) is 9.68. The van der Waals surface area contributed by atoms with Gasteiger partial charge in [0, 0.05) is 36.8 Å². The molecule has 0 fully saturated rings. The van der Waals surface area contributed by atoms with E-state index in [4.69, 9.17) is 5.84 Å². The van der Waals surface area contributed by atoms with Gasteiger partial charge in [0.15, 0.2) is 5.16 Å². The van der Waals surface area contributed by atoms with Crippen LogP contribution in [0.3, 0.4) is 0 Å². The number of benzene rings is 1. The Morgan fingerprint density at radius 3 is 2.93 bits per heavy atom. The topological polar surface area (TPSA) is 84.5 Å². The van der Waals surface area contributed by atoms with Crippen molar-refractivity contribution in [2.45, 2.75) is 38.4 Å². The number of aromatic nitrogens is 2. The molecule has 3 aromatic rings. The van der Waals surface area contributed by atoms with Crippen LogP contribution >= 0.6 is 23.3 Å². The van der Waals surface area contributed by atoms with E-state index in [0.717, 1.165) is 59.3 Å². The predicted octanol–water partition coefficient (Wildman–Crippen LogP) is 3.08. The molecule has 30 heavy (non-hydrogen) atoms. The third kappa shape index (κ3) is 3.87. The van der Waals surface area contributed by atoms with Crippen LogP contribution in [0.4, 0.5) is 4.39 Å². The highest BCUT2D eigenvalue weighted by Crippen LogP contribution is 2.34. The van der Waals surface area contributed by atoms with Crippen LogP contribution in [0.15, 0.2) is 34.2 Å². The third-order valence-electron chi connectivity index (χ3n) is 5.02. The number of hydrogen-bond donors (Lipinski definition) is 1. The first-order valence-corrected chi connectivity index (χ1v) is 11.3. The van der Waals surface area contributed by atoms with Crippen LogP contribution in [0.1, 0.15) is 30.7 Å². The fourth-order valence-corrected chi connectivity index (χ4v) is 5.66. The molecule has 0 saturated heterocycles. The third-order valence-corrected chi connectivity index (χ3v) is 7.02. The van der Waals surface area contributed by atoms with E-state index in [1.165, 1.54) is 41.0 Å². The molecule has 2 N–H and O–H groups in total. The average Bonchev–Trinajstić information content (AvgIpc) is 3.06. The van der Waals surface area contributed by atoms with Gasteiger partial charge in [-0.25, -0.2) is 19.6 Å². The van der Waals surface area contributed by atoms with Crippen LogP contribution in [-0.2, 0) is 17.8 Å². The Morgan fingerprint density at radius 2 is 2.23 bits per heavy atom. The maximum atomic E-state index is 13.9. The largest absolute Gasteiger partial charge is 0.298 e. The molecule has 158 valence electrons. The molecule has 1 aromatic carbocycles. The fraction of sp³-hybridized carbons (Fsp3) is 0.350. The molecule has 1 amide bonds. The Balaban J connectivity index is 1.92. The lowest BCUT2D eigenvalue weighted by Gasteiger charge is -2.26. The minimum Gasteiger partial charge on any atom is -0.298 e. The van der Waals surface area contributed by atoms with Crippen LogP contribution in [0.2, 0.25) is 0 Å². The number of hydrogen-bond acceptors (Lipinski definition) is 7. The van der Waals surface area contributed by atoms with Gasteiger partial charge in [-0.2, -0.15) is 0 Å². The Kier molecular flexibility index (Phi) is 5.92. The average molecular weight is 448 g/mol. The van der Waals surface area contributed by atoms with Crippen molar-refractivity contribution < 1.29 is 9.18 Å². The molecule has 0 bridgehead atoms. The Labute approximate surface area is 181 Å². The molecule has 10 heteroatoms. The number of amides is 1. The van der Waals surface area contributed by atoms with Gasteiger partial charge < -0.3 is 0 Å². The van der Waals surface area contributed by atoms with Crippen LogP contribution < -0.4 is 11.4 Å². The summed E-state index contributed by atoms with van der Waals surface area (Å²) in [6, 6.07) is 5.76. The lowest BCUT2D eigenvalue weighted by Crippen LogP contribution is -2.32. The minimum absolute atomic E-state index is 0.222. The second kappa shape index (κ2) is 8.46. The smallest absolute Gasteiger partial charge is 0.267 e. The van der Waals surface area contributed by atoms with E-state index in [9.17, 15) is 14.0 Å². The van der Waals surface area contributed by atoms with Crippen LogP contribution in [0.5, 0.6) is 0 Å². The maximum absolute atomic E-state index is 13.9. The Morgan fingerprint density at radius 1 is 1.43 bits per heavy atom. The van der Waals surface area contributed by atoms with E-state index in [-0.39, 0.29) is 16.6 Å². The Hall–Kier alpha value is -2.27. The second-order valence-electron chi connectivity index (χ2n) is 7.16. The van der Waals surface area contributed by atoms with Gasteiger partial charge in [0.1, 0.15) is 10.6 Å². The first kappa shape index (κ1) is 21.0. The van der Waals surface area contributed by atoms with Gasteiger partial charge in [-0.3, -0.25) is 19.1 Å². The summed E-state index contributed by atoms with van der Waals surface area (Å²) in [5.41, 5.74) is 1.10. The summed E-state index contributed by atoms with van der Waals surface area (Å²) in [5, 5.41) is 0.797. The molecule has 3 heterocycles. The predicted molar refractivity (Wildman–Crippen MR) is 117 cm³/mol. The number of nitrogens with two attached hydrogens (primary N) is 1. The van der Waals surface area contributed by atoms with Crippen molar-refractivity contribution in [1.29, 1.82) is 0 Å². The molecule has 0 radical (unpaired) electrons. The van der Waals surface area contributed by atoms with Crippen molar-refractivity contribution in [3.05, 3.63) is 50.9 Å². The summed E-state index contributed by atoms with van der Waals surface area (Å²) in [4.78, 5) is 34.0. The highest BCUT2D eigenvalue weighted by Gasteiger charge is 2.26. The minimum atomic E-state index is -0.464. The second-order valence-corrected chi connectivity index (χ2v) is 9.19. The number of rotatable bonds is 5. The van der Waals surface area contributed by atoms with E-state index in [0.29, 0.717) is 15.9 Å². The molecule has 2 aromatic heterocycles. The number of carbonyl (C=O) groups is 1. The molecule has 1 aliphatic heterocycles. The van der Waals surface area contributed by atoms with Crippen molar-refractivity contribution in [3.8, 4) is 5.69 Å². The highest BCUT2D eigenvalue weighted by molar-refractivity contribution is 7.97. The molecular formula is C20H22FN5O2S2. The number of hydrazine groups is 1. The number of halogens is 1. The van der Waals surface area contributed by atoms with Crippen molar-refractivity contribution in [3.63, 3.8) is 0 Å². The van der Waals surface area contributed by atoms with Crippen LogP contribution in [-0.4, -0.2) is 37.9 Å². The fourth-order valence-electron chi connectivity index (χ4n) is 3.64. The lowest BCUT2D eigenvalue weighted by molar-refractivity contribution is -0.124. The molecule has 0 unspecified atom stereocenters. The van der Waals surface area contributed by atoms with Crippen LogP contribution in [0.25, 0.3) is 15.9 Å². The molecule has 7 nitrogen and oxygen atoms in total. The van der Waals surface area contributed by atoms with E-state index < -0.39 is 5.82 Å². The lowest BCUT2D eigenvalue weighted by atomic mass is 10.1. The quantitative estimate of drug-likeness (QED) is 0.213. The molecule has 0 atom stereocenters. The number of thiophene rings is 1.